The molecule has 4 rings (SSSR count). The lowest BCUT2D eigenvalue weighted by Gasteiger charge is -2.30. The number of nitrogens with zero attached hydrogens (tertiary/aromatic N) is 2. The van der Waals surface area contributed by atoms with Crippen molar-refractivity contribution in [3.8, 4) is 0 Å². The Morgan fingerprint density at radius 1 is 1.23 bits per heavy atom. The van der Waals surface area contributed by atoms with E-state index in [4.69, 9.17) is 16.0 Å². The second kappa shape index (κ2) is 9.64. The maximum Gasteiger partial charge on any atom is 0.291 e. The van der Waals surface area contributed by atoms with E-state index >= 15 is 0 Å². The topological polar surface area (TPSA) is 87.5 Å². The molecule has 0 saturated carbocycles. The summed E-state index contributed by atoms with van der Waals surface area (Å²) in [5.74, 6) is -0.369. The number of aromatic nitrogens is 1. The first-order valence-corrected chi connectivity index (χ1v) is 11.3. The third-order valence-electron chi connectivity index (χ3n) is 5.24. The maximum atomic E-state index is 12.9. The molecule has 0 radical (unpaired) electrons. The Labute approximate surface area is 189 Å². The van der Waals surface area contributed by atoms with E-state index in [2.05, 4.69) is 25.9 Å². The van der Waals surface area contributed by atoms with Gasteiger partial charge in [0.15, 0.2) is 5.76 Å². The van der Waals surface area contributed by atoms with Crippen molar-refractivity contribution in [3.63, 3.8) is 0 Å². The van der Waals surface area contributed by atoms with Crippen LogP contribution in [-0.2, 0) is 11.3 Å². The predicted octanol–water partition coefficient (Wildman–Crippen LogP) is 4.80. The van der Waals surface area contributed by atoms with E-state index in [1.54, 1.807) is 41.7 Å². The van der Waals surface area contributed by atoms with E-state index in [9.17, 15) is 9.59 Å². The summed E-state index contributed by atoms with van der Waals surface area (Å²) in [4.78, 5) is 32.1. The van der Waals surface area contributed by atoms with Gasteiger partial charge in [-0.1, -0.05) is 11.6 Å². The van der Waals surface area contributed by atoms with Crippen LogP contribution in [0.15, 0.2) is 46.4 Å². The molecule has 0 unspecified atom stereocenters. The van der Waals surface area contributed by atoms with Crippen LogP contribution in [0.4, 0.5) is 11.4 Å². The standard InChI is InChI=1S/C22H23ClN4O3S/c1-14-24-17(13-31-14)12-27-8-6-15(7-9-27)21(28)25-18-5-4-16(23)11-19(18)26-22(29)20-3-2-10-30-20/h2-5,10-11,13,15H,6-9,12H2,1H3,(H,25,28)(H,26,29). The largest absolute Gasteiger partial charge is 0.459 e. The summed E-state index contributed by atoms with van der Waals surface area (Å²) in [5, 5.41) is 9.32. The molecule has 0 spiro atoms. The molecule has 9 heteroatoms. The minimum Gasteiger partial charge on any atom is -0.459 e. The number of thiazole rings is 1. The Kier molecular flexibility index (Phi) is 6.70. The van der Waals surface area contributed by atoms with Crippen LogP contribution in [0.3, 0.4) is 0 Å². The first-order chi connectivity index (χ1) is 15.0. The van der Waals surface area contributed by atoms with E-state index < -0.39 is 5.91 Å². The number of nitrogens with one attached hydrogen (secondary N) is 2. The SMILES string of the molecule is Cc1nc(CN2CCC(C(=O)Nc3ccc(Cl)cc3NC(=O)c3ccco3)CC2)cs1. The van der Waals surface area contributed by atoms with Gasteiger partial charge in [0.1, 0.15) is 0 Å². The van der Waals surface area contributed by atoms with Gasteiger partial charge in [0.05, 0.1) is 28.3 Å². The number of carbonyl (C=O) groups excluding carboxylic acids is 2. The molecule has 0 aliphatic carbocycles. The van der Waals surface area contributed by atoms with Crippen LogP contribution in [0.25, 0.3) is 0 Å². The Morgan fingerprint density at radius 3 is 2.71 bits per heavy atom. The Balaban J connectivity index is 1.36. The quantitative estimate of drug-likeness (QED) is 0.554. The lowest BCUT2D eigenvalue weighted by molar-refractivity contribution is -0.121. The third kappa shape index (κ3) is 5.52. The monoisotopic (exact) mass is 458 g/mol. The summed E-state index contributed by atoms with van der Waals surface area (Å²) in [5.41, 5.74) is 2.02. The number of anilines is 2. The summed E-state index contributed by atoms with van der Waals surface area (Å²) >= 11 is 7.76. The molecule has 1 aliphatic rings. The average molecular weight is 459 g/mol. The van der Waals surface area contributed by atoms with Crippen molar-refractivity contribution in [3.05, 3.63) is 63.5 Å². The van der Waals surface area contributed by atoms with Crippen LogP contribution in [0.1, 0.15) is 34.1 Å². The summed E-state index contributed by atoms with van der Waals surface area (Å²) in [6.45, 7) is 4.51. The van der Waals surface area contributed by atoms with Gasteiger partial charge < -0.3 is 15.1 Å². The third-order valence-corrected chi connectivity index (χ3v) is 6.30. The maximum absolute atomic E-state index is 12.9. The van der Waals surface area contributed by atoms with E-state index in [-0.39, 0.29) is 17.6 Å². The van der Waals surface area contributed by atoms with E-state index in [0.29, 0.717) is 16.4 Å². The van der Waals surface area contributed by atoms with Gasteiger partial charge in [-0.05, 0) is 63.2 Å². The number of likely N-dealkylation sites (tertiary alicyclic amines) is 1. The van der Waals surface area contributed by atoms with E-state index in [1.165, 1.54) is 6.26 Å². The molecule has 7 nitrogen and oxygen atoms in total. The van der Waals surface area contributed by atoms with Crippen LogP contribution in [0.5, 0.6) is 0 Å². The average Bonchev–Trinajstić information content (AvgIpc) is 3.42. The summed E-state index contributed by atoms with van der Waals surface area (Å²) in [7, 11) is 0. The first-order valence-electron chi connectivity index (χ1n) is 10.1. The van der Waals surface area contributed by atoms with Crippen LogP contribution in [-0.4, -0.2) is 34.8 Å². The minimum atomic E-state index is -0.409. The molecular formula is C22H23ClN4O3S. The molecule has 31 heavy (non-hydrogen) atoms. The predicted molar refractivity (Wildman–Crippen MR) is 122 cm³/mol. The van der Waals surface area contributed by atoms with Gasteiger partial charge in [-0.2, -0.15) is 0 Å². The second-order valence-corrected chi connectivity index (χ2v) is 9.02. The number of aryl methyl sites for hydroxylation is 1. The minimum absolute atomic E-state index is 0.0556. The number of piperidine rings is 1. The number of rotatable bonds is 6. The van der Waals surface area contributed by atoms with Gasteiger partial charge in [0, 0.05) is 22.9 Å². The first kappa shape index (κ1) is 21.5. The highest BCUT2D eigenvalue weighted by Gasteiger charge is 2.26. The normalized spacial score (nSPS) is 15.0. The zero-order valence-electron chi connectivity index (χ0n) is 17.1. The fourth-order valence-corrected chi connectivity index (χ4v) is 4.39. The van der Waals surface area contributed by atoms with Gasteiger partial charge in [-0.15, -0.1) is 11.3 Å². The molecular weight excluding hydrogens is 436 g/mol. The van der Waals surface area contributed by atoms with Crippen LogP contribution >= 0.6 is 22.9 Å². The van der Waals surface area contributed by atoms with Gasteiger partial charge in [-0.25, -0.2) is 4.98 Å². The zero-order valence-corrected chi connectivity index (χ0v) is 18.6. The molecule has 1 aliphatic heterocycles. The fraction of sp³-hybridized carbons (Fsp3) is 0.318. The number of hydrogen-bond acceptors (Lipinski definition) is 6. The highest BCUT2D eigenvalue weighted by atomic mass is 35.5. The Bertz CT molecular complexity index is 1060. The van der Waals surface area contributed by atoms with Crippen molar-refractivity contribution in [1.82, 2.24) is 9.88 Å². The number of carbonyl (C=O) groups is 2. The highest BCUT2D eigenvalue weighted by Crippen LogP contribution is 2.28. The molecule has 3 heterocycles. The van der Waals surface area contributed by atoms with Crippen molar-refractivity contribution < 1.29 is 14.0 Å². The highest BCUT2D eigenvalue weighted by molar-refractivity contribution is 7.09. The lowest BCUT2D eigenvalue weighted by Crippen LogP contribution is -2.37. The lowest BCUT2D eigenvalue weighted by atomic mass is 9.95. The van der Waals surface area contributed by atoms with Gasteiger partial charge in [-0.3, -0.25) is 14.5 Å². The molecule has 162 valence electrons. The van der Waals surface area contributed by atoms with Crippen molar-refractivity contribution in [2.75, 3.05) is 23.7 Å². The van der Waals surface area contributed by atoms with Crippen LogP contribution in [0.2, 0.25) is 5.02 Å². The molecule has 2 N–H and O–H groups in total. The van der Waals surface area contributed by atoms with Crippen molar-refractivity contribution in [1.29, 1.82) is 0 Å². The Morgan fingerprint density at radius 2 is 2.03 bits per heavy atom. The van der Waals surface area contributed by atoms with E-state index in [0.717, 1.165) is 43.2 Å². The molecule has 0 bridgehead atoms. The van der Waals surface area contributed by atoms with Crippen molar-refractivity contribution >= 4 is 46.1 Å². The number of halogens is 1. The fourth-order valence-electron chi connectivity index (χ4n) is 3.62. The number of amides is 2. The van der Waals surface area contributed by atoms with Gasteiger partial charge in [0.25, 0.3) is 5.91 Å². The van der Waals surface area contributed by atoms with Gasteiger partial charge in [0.2, 0.25) is 5.91 Å². The molecule has 2 amide bonds. The Hall–Kier alpha value is -2.68. The van der Waals surface area contributed by atoms with Gasteiger partial charge >= 0.3 is 0 Å². The molecule has 2 aromatic heterocycles. The molecule has 1 fully saturated rings. The number of hydrogen-bond donors (Lipinski definition) is 2. The summed E-state index contributed by atoms with van der Waals surface area (Å²) in [6, 6.07) is 8.18. The van der Waals surface area contributed by atoms with Crippen molar-refractivity contribution in [2.45, 2.75) is 26.3 Å². The van der Waals surface area contributed by atoms with Crippen molar-refractivity contribution in [2.24, 2.45) is 5.92 Å². The second-order valence-electron chi connectivity index (χ2n) is 7.52. The summed E-state index contributed by atoms with van der Waals surface area (Å²) in [6.07, 6.45) is 2.98. The zero-order chi connectivity index (χ0) is 21.8. The number of furan rings is 1. The van der Waals surface area contributed by atoms with Crippen LogP contribution in [0, 0.1) is 12.8 Å². The molecule has 0 atom stereocenters. The molecule has 3 aromatic rings. The smallest absolute Gasteiger partial charge is 0.291 e. The molecule has 1 saturated heterocycles. The summed E-state index contributed by atoms with van der Waals surface area (Å²) < 4.78 is 5.13. The van der Waals surface area contributed by atoms with E-state index in [1.807, 2.05) is 6.92 Å². The number of benzene rings is 1. The molecule has 1 aromatic carbocycles. The van der Waals surface area contributed by atoms with Crippen LogP contribution < -0.4 is 10.6 Å².